The van der Waals surface area contributed by atoms with Crippen LogP contribution in [0.5, 0.6) is 0 Å². The van der Waals surface area contributed by atoms with Gasteiger partial charge in [-0.3, -0.25) is 0 Å². The maximum absolute atomic E-state index is 13.0. The zero-order valence-electron chi connectivity index (χ0n) is 8.95. The standard InChI is InChI=1S/C11H12ClF4N/c12-10-8(3-1-4-9(10)13)7-17-6-2-5-11(14,15)16/h1,3-4,17H,2,5-7H2. The topological polar surface area (TPSA) is 12.0 Å². The SMILES string of the molecule is Fc1cccc(CNCCCC(F)(F)F)c1Cl. The zero-order valence-corrected chi connectivity index (χ0v) is 9.71. The molecule has 1 aromatic rings. The molecular formula is C11H12ClF4N. The van der Waals surface area contributed by atoms with Gasteiger partial charge >= 0.3 is 6.18 Å². The van der Waals surface area contributed by atoms with Crippen LogP contribution >= 0.6 is 11.6 Å². The van der Waals surface area contributed by atoms with Crippen LogP contribution in [0.25, 0.3) is 0 Å². The van der Waals surface area contributed by atoms with Crippen LogP contribution in [0.15, 0.2) is 18.2 Å². The minimum Gasteiger partial charge on any atom is -0.313 e. The summed E-state index contributed by atoms with van der Waals surface area (Å²) in [6.45, 7) is 0.473. The van der Waals surface area contributed by atoms with Crippen molar-refractivity contribution in [3.8, 4) is 0 Å². The molecule has 0 unspecified atom stereocenters. The smallest absolute Gasteiger partial charge is 0.313 e. The number of halogens is 5. The summed E-state index contributed by atoms with van der Waals surface area (Å²) in [7, 11) is 0. The molecule has 0 amide bonds. The zero-order chi connectivity index (χ0) is 12.9. The first-order chi connectivity index (χ1) is 7.90. The van der Waals surface area contributed by atoms with E-state index in [4.69, 9.17) is 11.6 Å². The molecule has 1 aromatic carbocycles. The highest BCUT2D eigenvalue weighted by Crippen LogP contribution is 2.21. The van der Waals surface area contributed by atoms with E-state index < -0.39 is 18.4 Å². The first-order valence-corrected chi connectivity index (χ1v) is 5.48. The average Bonchev–Trinajstić information content (AvgIpc) is 2.22. The van der Waals surface area contributed by atoms with Crippen LogP contribution in [0.3, 0.4) is 0 Å². The molecule has 0 bridgehead atoms. The van der Waals surface area contributed by atoms with E-state index >= 15 is 0 Å². The molecule has 1 rings (SSSR count). The summed E-state index contributed by atoms with van der Waals surface area (Å²) in [4.78, 5) is 0. The van der Waals surface area contributed by atoms with E-state index in [9.17, 15) is 17.6 Å². The van der Waals surface area contributed by atoms with Crippen LogP contribution in [0.4, 0.5) is 17.6 Å². The Labute approximate surface area is 102 Å². The maximum atomic E-state index is 13.0. The van der Waals surface area contributed by atoms with Gasteiger partial charge in [-0.1, -0.05) is 23.7 Å². The molecule has 0 aliphatic carbocycles. The van der Waals surface area contributed by atoms with Crippen LogP contribution in [-0.4, -0.2) is 12.7 Å². The second-order valence-corrected chi connectivity index (χ2v) is 3.99. The van der Waals surface area contributed by atoms with Gasteiger partial charge in [0.1, 0.15) is 5.82 Å². The molecule has 1 nitrogen and oxygen atoms in total. The normalized spacial score (nSPS) is 11.8. The Balaban J connectivity index is 2.29. The van der Waals surface area contributed by atoms with Crippen molar-refractivity contribution < 1.29 is 17.6 Å². The maximum Gasteiger partial charge on any atom is 0.389 e. The molecule has 0 aliphatic heterocycles. The largest absolute Gasteiger partial charge is 0.389 e. The Morgan fingerprint density at radius 2 is 1.94 bits per heavy atom. The predicted octanol–water partition coefficient (Wildman–Crippen LogP) is 3.91. The van der Waals surface area contributed by atoms with Crippen LogP contribution in [-0.2, 0) is 6.54 Å². The second-order valence-electron chi connectivity index (χ2n) is 3.61. The van der Waals surface area contributed by atoms with Crippen molar-refractivity contribution in [1.82, 2.24) is 5.32 Å². The quantitative estimate of drug-likeness (QED) is 0.631. The molecular weight excluding hydrogens is 258 g/mol. The number of hydrogen-bond acceptors (Lipinski definition) is 1. The highest BCUT2D eigenvalue weighted by atomic mass is 35.5. The van der Waals surface area contributed by atoms with Gasteiger partial charge in [-0.15, -0.1) is 0 Å². The number of benzene rings is 1. The third kappa shape index (κ3) is 5.37. The highest BCUT2D eigenvalue weighted by Gasteiger charge is 2.25. The summed E-state index contributed by atoms with van der Waals surface area (Å²) in [5.74, 6) is -0.527. The summed E-state index contributed by atoms with van der Waals surface area (Å²) < 4.78 is 48.5. The van der Waals surface area contributed by atoms with E-state index in [-0.39, 0.29) is 24.5 Å². The van der Waals surface area contributed by atoms with E-state index in [1.165, 1.54) is 12.1 Å². The molecule has 17 heavy (non-hydrogen) atoms. The molecule has 0 radical (unpaired) electrons. The second kappa shape index (κ2) is 6.21. The van der Waals surface area contributed by atoms with Gasteiger partial charge in [0.25, 0.3) is 0 Å². The lowest BCUT2D eigenvalue weighted by atomic mass is 10.2. The molecule has 1 N–H and O–H groups in total. The summed E-state index contributed by atoms with van der Waals surface area (Å²) in [6, 6.07) is 4.37. The van der Waals surface area contributed by atoms with Gasteiger partial charge in [0.15, 0.2) is 0 Å². The lowest BCUT2D eigenvalue weighted by molar-refractivity contribution is -0.135. The molecule has 0 heterocycles. The van der Waals surface area contributed by atoms with Crippen molar-refractivity contribution in [2.75, 3.05) is 6.54 Å². The van der Waals surface area contributed by atoms with Gasteiger partial charge in [0.2, 0.25) is 0 Å². The molecule has 0 saturated carbocycles. The molecule has 0 aromatic heterocycles. The Kier molecular flexibility index (Phi) is 5.21. The van der Waals surface area contributed by atoms with E-state index in [1.54, 1.807) is 6.07 Å². The first-order valence-electron chi connectivity index (χ1n) is 5.10. The average molecular weight is 270 g/mol. The van der Waals surface area contributed by atoms with E-state index in [0.717, 1.165) is 0 Å². The van der Waals surface area contributed by atoms with Crippen molar-refractivity contribution in [1.29, 1.82) is 0 Å². The molecule has 0 saturated heterocycles. The lowest BCUT2D eigenvalue weighted by Gasteiger charge is -2.08. The van der Waals surface area contributed by atoms with Crippen LogP contribution < -0.4 is 5.32 Å². The predicted molar refractivity (Wildman–Crippen MR) is 58.4 cm³/mol. The fourth-order valence-electron chi connectivity index (χ4n) is 1.32. The van der Waals surface area contributed by atoms with Crippen LogP contribution in [0.1, 0.15) is 18.4 Å². The van der Waals surface area contributed by atoms with Gasteiger partial charge in [0, 0.05) is 13.0 Å². The summed E-state index contributed by atoms with van der Waals surface area (Å²) >= 11 is 5.68. The number of alkyl halides is 3. The third-order valence-corrected chi connectivity index (χ3v) is 2.58. The van der Waals surface area contributed by atoms with Crippen LogP contribution in [0.2, 0.25) is 5.02 Å². The van der Waals surface area contributed by atoms with Gasteiger partial charge in [-0.2, -0.15) is 13.2 Å². The fourth-order valence-corrected chi connectivity index (χ4v) is 1.51. The summed E-state index contributed by atoms with van der Waals surface area (Å²) in [5, 5.41) is 2.80. The lowest BCUT2D eigenvalue weighted by Crippen LogP contribution is -2.18. The van der Waals surface area contributed by atoms with Crippen molar-refractivity contribution in [2.45, 2.75) is 25.6 Å². The fraction of sp³-hybridized carbons (Fsp3) is 0.455. The summed E-state index contributed by atoms with van der Waals surface area (Å²) in [6.07, 6.45) is -4.95. The van der Waals surface area contributed by atoms with Gasteiger partial charge < -0.3 is 5.32 Å². The van der Waals surface area contributed by atoms with Gasteiger partial charge in [0.05, 0.1) is 5.02 Å². The number of hydrogen-bond donors (Lipinski definition) is 1. The highest BCUT2D eigenvalue weighted by molar-refractivity contribution is 6.31. The molecule has 0 aliphatic rings. The Bertz CT molecular complexity index is 365. The van der Waals surface area contributed by atoms with Crippen molar-refractivity contribution in [2.24, 2.45) is 0 Å². The van der Waals surface area contributed by atoms with E-state index in [2.05, 4.69) is 5.32 Å². The molecule has 6 heteroatoms. The minimum absolute atomic E-state index is 0.00354. The number of rotatable bonds is 5. The van der Waals surface area contributed by atoms with Gasteiger partial charge in [-0.25, -0.2) is 4.39 Å². The first kappa shape index (κ1) is 14.3. The summed E-state index contributed by atoms with van der Waals surface area (Å²) in [5.41, 5.74) is 0.540. The van der Waals surface area contributed by atoms with Crippen LogP contribution in [0, 0.1) is 5.82 Å². The van der Waals surface area contributed by atoms with Crippen molar-refractivity contribution in [3.63, 3.8) is 0 Å². The van der Waals surface area contributed by atoms with Crippen molar-refractivity contribution in [3.05, 3.63) is 34.6 Å². The Morgan fingerprint density at radius 1 is 1.24 bits per heavy atom. The molecule has 0 fully saturated rings. The van der Waals surface area contributed by atoms with Crippen molar-refractivity contribution >= 4 is 11.6 Å². The molecule has 0 spiro atoms. The third-order valence-electron chi connectivity index (χ3n) is 2.16. The monoisotopic (exact) mass is 269 g/mol. The van der Waals surface area contributed by atoms with E-state index in [1.807, 2.05) is 0 Å². The van der Waals surface area contributed by atoms with E-state index in [0.29, 0.717) is 5.56 Å². The molecule has 96 valence electrons. The van der Waals surface area contributed by atoms with Gasteiger partial charge in [-0.05, 0) is 24.6 Å². The minimum atomic E-state index is -4.13. The Hall–Kier alpha value is -0.810. The Morgan fingerprint density at radius 3 is 2.59 bits per heavy atom. The number of nitrogens with one attached hydrogen (secondary N) is 1. The molecule has 0 atom stereocenters.